The van der Waals surface area contributed by atoms with E-state index in [1.165, 1.54) is 18.3 Å². The fraction of sp³-hybridized carbons (Fsp3) is 0.158. The van der Waals surface area contributed by atoms with E-state index in [4.69, 9.17) is 9.47 Å². The number of hydrogen-bond donors (Lipinski definition) is 1. The molecule has 3 aromatic rings. The van der Waals surface area contributed by atoms with Crippen molar-refractivity contribution in [2.75, 3.05) is 19.5 Å². The Hall–Kier alpha value is -3.40. The third kappa shape index (κ3) is 4.91. The van der Waals surface area contributed by atoms with Crippen molar-refractivity contribution in [1.82, 2.24) is 9.78 Å². The molecule has 3 rings (SSSR count). The minimum absolute atomic E-state index is 0.154. The van der Waals surface area contributed by atoms with Gasteiger partial charge >= 0.3 is 10.2 Å². The number of methoxy groups -OCH3 is 2. The highest BCUT2D eigenvalue weighted by atomic mass is 32.3. The van der Waals surface area contributed by atoms with Crippen LogP contribution in [0.4, 0.5) is 9.57 Å². The summed E-state index contributed by atoms with van der Waals surface area (Å²) >= 11 is 0. The zero-order valence-electron chi connectivity index (χ0n) is 15.6. The molecule has 0 radical (unpaired) electrons. The third-order valence-corrected chi connectivity index (χ3v) is 4.88. The van der Waals surface area contributed by atoms with Crippen molar-refractivity contribution >= 4 is 21.8 Å². The number of anilines is 1. The Kier molecular flexibility index (Phi) is 5.83. The molecule has 1 aromatic heterocycles. The maximum Gasteiger partial charge on any atom is 0.332 e. The summed E-state index contributed by atoms with van der Waals surface area (Å²) in [5.41, 5.74) is 1.30. The van der Waals surface area contributed by atoms with E-state index in [9.17, 15) is 17.1 Å². The van der Waals surface area contributed by atoms with Crippen LogP contribution >= 0.6 is 0 Å². The van der Waals surface area contributed by atoms with E-state index in [-0.39, 0.29) is 11.3 Å². The molecule has 0 aliphatic heterocycles. The number of rotatable bonds is 7. The van der Waals surface area contributed by atoms with Gasteiger partial charge in [-0.1, -0.05) is 12.1 Å². The zero-order chi connectivity index (χ0) is 21.0. The first-order valence-corrected chi connectivity index (χ1v) is 9.78. The van der Waals surface area contributed by atoms with Gasteiger partial charge in [-0.3, -0.25) is 9.48 Å². The molecule has 0 spiro atoms. The molecule has 1 N–H and O–H groups in total. The average Bonchev–Trinajstić information content (AvgIpc) is 3.16. The Morgan fingerprint density at radius 2 is 1.90 bits per heavy atom. The highest BCUT2D eigenvalue weighted by molar-refractivity contribution is 7.86. The second-order valence-corrected chi connectivity index (χ2v) is 7.38. The Bertz CT molecular complexity index is 1140. The molecule has 0 unspecified atom stereocenters. The first kappa shape index (κ1) is 20.3. The summed E-state index contributed by atoms with van der Waals surface area (Å²) in [5, 5.41) is 6.68. The summed E-state index contributed by atoms with van der Waals surface area (Å²) < 4.78 is 47.1. The smallest absolute Gasteiger partial charge is 0.332 e. The normalized spacial score (nSPS) is 11.1. The van der Waals surface area contributed by atoms with E-state index >= 15 is 0 Å². The Morgan fingerprint density at radius 3 is 2.59 bits per heavy atom. The SMILES string of the molecule is COc1ccc(Cn2cc(C(=O)Nc3cccc(S(=O)(=O)F)c3)cn2)cc1OC. The molecule has 0 aliphatic carbocycles. The lowest BCUT2D eigenvalue weighted by atomic mass is 10.2. The highest BCUT2D eigenvalue weighted by Gasteiger charge is 2.14. The maximum absolute atomic E-state index is 13.1. The summed E-state index contributed by atoms with van der Waals surface area (Å²) in [6.07, 6.45) is 2.92. The molecule has 8 nitrogen and oxygen atoms in total. The molecule has 0 bridgehead atoms. The van der Waals surface area contributed by atoms with Gasteiger partial charge in [-0.2, -0.15) is 13.5 Å². The number of halogens is 1. The quantitative estimate of drug-likeness (QED) is 0.591. The van der Waals surface area contributed by atoms with Gasteiger partial charge in [0.1, 0.15) is 4.90 Å². The van der Waals surface area contributed by atoms with E-state index in [1.807, 2.05) is 12.1 Å². The molecule has 1 amide bonds. The Labute approximate surface area is 167 Å². The Morgan fingerprint density at radius 1 is 1.14 bits per heavy atom. The number of hydrogen-bond acceptors (Lipinski definition) is 6. The number of nitrogens with zero attached hydrogens (tertiary/aromatic N) is 2. The van der Waals surface area contributed by atoms with Gasteiger partial charge in [0.2, 0.25) is 0 Å². The second kappa shape index (κ2) is 8.31. The predicted octanol–water partition coefficient (Wildman–Crippen LogP) is 2.86. The average molecular weight is 419 g/mol. The largest absolute Gasteiger partial charge is 0.493 e. The van der Waals surface area contributed by atoms with Crippen molar-refractivity contribution < 1.29 is 26.6 Å². The second-order valence-electron chi connectivity index (χ2n) is 6.04. The zero-order valence-corrected chi connectivity index (χ0v) is 16.4. The van der Waals surface area contributed by atoms with Crippen LogP contribution in [0.3, 0.4) is 0 Å². The minimum atomic E-state index is -4.85. The van der Waals surface area contributed by atoms with Crippen LogP contribution in [0.2, 0.25) is 0 Å². The molecular formula is C19H18FN3O5S. The highest BCUT2D eigenvalue weighted by Crippen LogP contribution is 2.27. The number of nitrogens with one attached hydrogen (secondary N) is 1. The lowest BCUT2D eigenvalue weighted by molar-refractivity contribution is 0.102. The van der Waals surface area contributed by atoms with Crippen molar-refractivity contribution in [3.8, 4) is 11.5 Å². The number of carbonyl (C=O) groups is 1. The van der Waals surface area contributed by atoms with E-state index in [1.54, 1.807) is 31.2 Å². The van der Waals surface area contributed by atoms with Crippen LogP contribution in [-0.4, -0.2) is 38.3 Å². The summed E-state index contributed by atoms with van der Waals surface area (Å²) in [4.78, 5) is 11.9. The monoisotopic (exact) mass is 419 g/mol. The van der Waals surface area contributed by atoms with Crippen LogP contribution in [-0.2, 0) is 16.8 Å². The number of carbonyl (C=O) groups excluding carboxylic acids is 1. The van der Waals surface area contributed by atoms with E-state index in [0.29, 0.717) is 18.0 Å². The van der Waals surface area contributed by atoms with Crippen LogP contribution < -0.4 is 14.8 Å². The topological polar surface area (TPSA) is 99.5 Å². The standard InChI is InChI=1S/C19H18FN3O5S/c1-27-17-7-6-13(8-18(17)28-2)11-23-12-14(10-21-23)19(24)22-15-4-3-5-16(9-15)29(20,25)26/h3-10,12H,11H2,1-2H3,(H,22,24). The van der Waals surface area contributed by atoms with Crippen LogP contribution in [0.5, 0.6) is 11.5 Å². The number of aromatic nitrogens is 2. The van der Waals surface area contributed by atoms with Crippen LogP contribution in [0.25, 0.3) is 0 Å². The molecular weight excluding hydrogens is 401 g/mol. The molecule has 0 saturated carbocycles. The van der Waals surface area contributed by atoms with Gasteiger partial charge in [0.15, 0.2) is 11.5 Å². The molecule has 10 heteroatoms. The van der Waals surface area contributed by atoms with E-state index < -0.39 is 21.0 Å². The fourth-order valence-corrected chi connectivity index (χ4v) is 3.17. The molecule has 0 aliphatic rings. The van der Waals surface area contributed by atoms with Crippen LogP contribution in [0, 0.1) is 0 Å². The molecule has 0 atom stereocenters. The molecule has 0 fully saturated rings. The summed E-state index contributed by atoms with van der Waals surface area (Å²) in [5.74, 6) is 0.684. The predicted molar refractivity (Wildman–Crippen MR) is 104 cm³/mol. The fourth-order valence-electron chi connectivity index (χ4n) is 2.66. The van der Waals surface area contributed by atoms with Gasteiger partial charge in [0.05, 0.1) is 32.5 Å². The number of amides is 1. The molecule has 2 aromatic carbocycles. The van der Waals surface area contributed by atoms with Crippen molar-refractivity contribution in [3.63, 3.8) is 0 Å². The minimum Gasteiger partial charge on any atom is -0.493 e. The van der Waals surface area contributed by atoms with Gasteiger partial charge in [-0.15, -0.1) is 3.89 Å². The van der Waals surface area contributed by atoms with Gasteiger partial charge in [-0.05, 0) is 35.9 Å². The first-order chi connectivity index (χ1) is 13.8. The molecule has 152 valence electrons. The maximum atomic E-state index is 13.1. The van der Waals surface area contributed by atoms with E-state index in [2.05, 4.69) is 10.4 Å². The number of benzene rings is 2. The summed E-state index contributed by atoms with van der Waals surface area (Å²) in [6, 6.07) is 10.4. The van der Waals surface area contributed by atoms with Crippen LogP contribution in [0.1, 0.15) is 15.9 Å². The van der Waals surface area contributed by atoms with Gasteiger partial charge < -0.3 is 14.8 Å². The summed E-state index contributed by atoms with van der Waals surface area (Å²) in [6.45, 7) is 0.392. The third-order valence-electron chi connectivity index (χ3n) is 4.06. The number of ether oxygens (including phenoxy) is 2. The van der Waals surface area contributed by atoms with Gasteiger partial charge in [0.25, 0.3) is 5.91 Å². The first-order valence-electron chi connectivity index (χ1n) is 8.39. The van der Waals surface area contributed by atoms with Crippen molar-refractivity contribution in [2.24, 2.45) is 0 Å². The van der Waals surface area contributed by atoms with E-state index in [0.717, 1.165) is 17.7 Å². The van der Waals surface area contributed by atoms with Gasteiger partial charge in [-0.25, -0.2) is 0 Å². The van der Waals surface area contributed by atoms with Gasteiger partial charge in [0, 0.05) is 11.9 Å². The lowest BCUT2D eigenvalue weighted by Gasteiger charge is -2.09. The lowest BCUT2D eigenvalue weighted by Crippen LogP contribution is -2.11. The van der Waals surface area contributed by atoms with Crippen LogP contribution in [0.15, 0.2) is 59.8 Å². The Balaban J connectivity index is 1.72. The molecule has 0 saturated heterocycles. The molecule has 1 heterocycles. The van der Waals surface area contributed by atoms with Crippen molar-refractivity contribution in [2.45, 2.75) is 11.4 Å². The van der Waals surface area contributed by atoms with Crippen molar-refractivity contribution in [3.05, 3.63) is 66.0 Å². The summed E-state index contributed by atoms with van der Waals surface area (Å²) in [7, 11) is -1.76. The molecule has 29 heavy (non-hydrogen) atoms. The van der Waals surface area contributed by atoms with Crippen molar-refractivity contribution in [1.29, 1.82) is 0 Å².